The molecule has 1 aromatic rings. The quantitative estimate of drug-likeness (QED) is 0.841. The van der Waals surface area contributed by atoms with E-state index in [2.05, 4.69) is 6.92 Å². The van der Waals surface area contributed by atoms with Crippen LogP contribution in [0.3, 0.4) is 0 Å². The van der Waals surface area contributed by atoms with E-state index in [-0.39, 0.29) is 5.02 Å². The second-order valence-electron chi connectivity index (χ2n) is 5.00. The molecule has 0 aromatic heterocycles. The van der Waals surface area contributed by atoms with Crippen LogP contribution in [0, 0.1) is 11.7 Å². The van der Waals surface area contributed by atoms with Crippen molar-refractivity contribution < 1.29 is 9.50 Å². The highest BCUT2D eigenvalue weighted by molar-refractivity contribution is 6.30. The van der Waals surface area contributed by atoms with E-state index in [1.54, 1.807) is 12.1 Å². The molecule has 0 heterocycles. The Bertz CT molecular complexity index is 394. The summed E-state index contributed by atoms with van der Waals surface area (Å²) in [5, 5.41) is 10.5. The molecule has 1 N–H and O–H groups in total. The Morgan fingerprint density at radius 2 is 2.31 bits per heavy atom. The lowest BCUT2D eigenvalue weighted by Gasteiger charge is -2.22. The van der Waals surface area contributed by atoms with Crippen LogP contribution in [-0.2, 0) is 6.42 Å². The second-order valence-corrected chi connectivity index (χ2v) is 5.40. The van der Waals surface area contributed by atoms with Crippen LogP contribution in [0.1, 0.15) is 31.7 Å². The van der Waals surface area contributed by atoms with Crippen molar-refractivity contribution >= 4 is 11.6 Å². The summed E-state index contributed by atoms with van der Waals surface area (Å²) in [6.45, 7) is 2.15. The normalized spacial score (nSPS) is 29.6. The molecule has 0 spiro atoms. The number of rotatable bonds is 2. The van der Waals surface area contributed by atoms with Crippen molar-refractivity contribution in [1.29, 1.82) is 0 Å². The standard InChI is InChI=1S/C13H16ClFO/c1-9-4-5-13(16,7-9)8-10-2-3-12(15)11(14)6-10/h2-3,6,9,16H,4-5,7-8H2,1H3. The van der Waals surface area contributed by atoms with Gasteiger partial charge in [0.25, 0.3) is 0 Å². The average molecular weight is 243 g/mol. The van der Waals surface area contributed by atoms with Gasteiger partial charge in [-0.25, -0.2) is 4.39 Å². The topological polar surface area (TPSA) is 20.2 Å². The highest BCUT2D eigenvalue weighted by atomic mass is 35.5. The molecular weight excluding hydrogens is 227 g/mol. The first kappa shape index (κ1) is 11.9. The van der Waals surface area contributed by atoms with Crippen molar-refractivity contribution in [2.24, 2.45) is 5.92 Å². The van der Waals surface area contributed by atoms with Gasteiger partial charge in [0.05, 0.1) is 10.6 Å². The van der Waals surface area contributed by atoms with E-state index in [0.717, 1.165) is 24.8 Å². The zero-order valence-corrected chi connectivity index (χ0v) is 10.1. The molecule has 1 fully saturated rings. The maximum absolute atomic E-state index is 13.0. The van der Waals surface area contributed by atoms with E-state index in [0.29, 0.717) is 12.3 Å². The van der Waals surface area contributed by atoms with E-state index >= 15 is 0 Å². The van der Waals surface area contributed by atoms with Crippen molar-refractivity contribution in [2.75, 3.05) is 0 Å². The molecule has 1 nitrogen and oxygen atoms in total. The Balaban J connectivity index is 2.12. The summed E-state index contributed by atoms with van der Waals surface area (Å²) in [5.74, 6) is 0.165. The van der Waals surface area contributed by atoms with Crippen LogP contribution in [0.15, 0.2) is 18.2 Å². The number of hydrogen-bond donors (Lipinski definition) is 1. The minimum absolute atomic E-state index is 0.132. The SMILES string of the molecule is CC1CCC(O)(Cc2ccc(F)c(Cl)c2)C1. The molecule has 1 aromatic carbocycles. The van der Waals surface area contributed by atoms with Gasteiger partial charge in [0, 0.05) is 6.42 Å². The van der Waals surface area contributed by atoms with Crippen LogP contribution in [-0.4, -0.2) is 10.7 Å². The summed E-state index contributed by atoms with van der Waals surface area (Å²) in [4.78, 5) is 0. The van der Waals surface area contributed by atoms with Gasteiger partial charge >= 0.3 is 0 Å². The van der Waals surface area contributed by atoms with Gasteiger partial charge in [-0.1, -0.05) is 24.6 Å². The third-order valence-electron chi connectivity index (χ3n) is 3.35. The maximum Gasteiger partial charge on any atom is 0.141 e. The smallest absolute Gasteiger partial charge is 0.141 e. The highest BCUT2D eigenvalue weighted by Gasteiger charge is 2.35. The van der Waals surface area contributed by atoms with E-state index < -0.39 is 11.4 Å². The molecule has 2 rings (SSSR count). The molecule has 16 heavy (non-hydrogen) atoms. The molecule has 1 saturated carbocycles. The first-order valence-electron chi connectivity index (χ1n) is 5.65. The first-order valence-corrected chi connectivity index (χ1v) is 6.03. The van der Waals surface area contributed by atoms with Crippen LogP contribution in [0.5, 0.6) is 0 Å². The van der Waals surface area contributed by atoms with Gasteiger partial charge in [0.2, 0.25) is 0 Å². The largest absolute Gasteiger partial charge is 0.390 e. The molecular formula is C13H16ClFO. The van der Waals surface area contributed by atoms with Gasteiger partial charge in [0.15, 0.2) is 0 Å². The Morgan fingerprint density at radius 1 is 1.56 bits per heavy atom. The lowest BCUT2D eigenvalue weighted by atomic mass is 9.92. The monoisotopic (exact) mass is 242 g/mol. The fourth-order valence-corrected chi connectivity index (χ4v) is 2.76. The molecule has 2 unspecified atom stereocenters. The number of halogens is 2. The van der Waals surface area contributed by atoms with Gasteiger partial charge in [0.1, 0.15) is 5.82 Å². The predicted octanol–water partition coefficient (Wildman–Crippen LogP) is 3.57. The fourth-order valence-electron chi connectivity index (χ4n) is 2.56. The minimum Gasteiger partial charge on any atom is -0.390 e. The third-order valence-corrected chi connectivity index (χ3v) is 3.64. The van der Waals surface area contributed by atoms with E-state index in [4.69, 9.17) is 11.6 Å². The summed E-state index contributed by atoms with van der Waals surface area (Å²) < 4.78 is 13.0. The molecule has 0 radical (unpaired) electrons. The van der Waals surface area contributed by atoms with Crippen molar-refractivity contribution in [3.8, 4) is 0 Å². The summed E-state index contributed by atoms with van der Waals surface area (Å²) >= 11 is 5.72. The molecule has 3 heteroatoms. The molecule has 2 atom stereocenters. The fraction of sp³-hybridized carbons (Fsp3) is 0.538. The lowest BCUT2D eigenvalue weighted by Crippen LogP contribution is -2.27. The molecule has 1 aliphatic rings. The van der Waals surface area contributed by atoms with Crippen LogP contribution in [0.4, 0.5) is 4.39 Å². The zero-order chi connectivity index (χ0) is 11.8. The molecule has 0 aliphatic heterocycles. The van der Waals surface area contributed by atoms with Gasteiger partial charge in [-0.05, 0) is 42.9 Å². The maximum atomic E-state index is 13.0. The van der Waals surface area contributed by atoms with E-state index in [9.17, 15) is 9.50 Å². The molecule has 0 amide bonds. The summed E-state index contributed by atoms with van der Waals surface area (Å²) in [6.07, 6.45) is 3.27. The Morgan fingerprint density at radius 3 is 2.88 bits per heavy atom. The molecule has 0 saturated heterocycles. The number of aliphatic hydroxyl groups is 1. The predicted molar refractivity (Wildman–Crippen MR) is 63.1 cm³/mol. The zero-order valence-electron chi connectivity index (χ0n) is 9.34. The Kier molecular flexibility index (Phi) is 3.22. The third kappa shape index (κ3) is 2.55. The molecule has 1 aliphatic carbocycles. The van der Waals surface area contributed by atoms with Gasteiger partial charge < -0.3 is 5.11 Å². The van der Waals surface area contributed by atoms with Crippen LogP contribution >= 0.6 is 11.6 Å². The average Bonchev–Trinajstić information content (AvgIpc) is 2.52. The summed E-state index contributed by atoms with van der Waals surface area (Å²) in [7, 11) is 0. The van der Waals surface area contributed by atoms with E-state index in [1.165, 1.54) is 6.07 Å². The lowest BCUT2D eigenvalue weighted by molar-refractivity contribution is 0.0446. The molecule has 0 bridgehead atoms. The van der Waals surface area contributed by atoms with Gasteiger partial charge in [-0.3, -0.25) is 0 Å². The summed E-state index contributed by atoms with van der Waals surface area (Å²) in [6, 6.07) is 4.67. The van der Waals surface area contributed by atoms with Crippen LogP contribution in [0.2, 0.25) is 5.02 Å². The Labute approximate surface area is 100 Å². The summed E-state index contributed by atoms with van der Waals surface area (Å²) in [5.41, 5.74) is 0.281. The second kappa shape index (κ2) is 4.34. The van der Waals surface area contributed by atoms with E-state index in [1.807, 2.05) is 0 Å². The molecule has 88 valence electrons. The highest BCUT2D eigenvalue weighted by Crippen LogP contribution is 2.36. The van der Waals surface area contributed by atoms with Crippen molar-refractivity contribution in [3.05, 3.63) is 34.6 Å². The van der Waals surface area contributed by atoms with Crippen molar-refractivity contribution in [1.82, 2.24) is 0 Å². The Hall–Kier alpha value is -0.600. The number of benzene rings is 1. The minimum atomic E-state index is -0.624. The van der Waals surface area contributed by atoms with Crippen molar-refractivity contribution in [2.45, 2.75) is 38.2 Å². The van der Waals surface area contributed by atoms with Gasteiger partial charge in [-0.15, -0.1) is 0 Å². The first-order chi connectivity index (χ1) is 7.48. The van der Waals surface area contributed by atoms with Gasteiger partial charge in [-0.2, -0.15) is 0 Å². The number of hydrogen-bond acceptors (Lipinski definition) is 1. The van der Waals surface area contributed by atoms with Crippen LogP contribution < -0.4 is 0 Å². The van der Waals surface area contributed by atoms with Crippen LogP contribution in [0.25, 0.3) is 0 Å². The van der Waals surface area contributed by atoms with Crippen molar-refractivity contribution in [3.63, 3.8) is 0 Å².